The van der Waals surface area contributed by atoms with E-state index in [0.29, 0.717) is 0 Å². The first kappa shape index (κ1) is 13.0. The Balaban J connectivity index is 2.66. The zero-order valence-corrected chi connectivity index (χ0v) is 11.2. The van der Waals surface area contributed by atoms with Crippen LogP contribution in [0, 0.1) is 0 Å². The van der Waals surface area contributed by atoms with Gasteiger partial charge in [0.2, 0.25) is 5.91 Å². The van der Waals surface area contributed by atoms with Crippen molar-refractivity contribution in [1.29, 1.82) is 0 Å². The van der Waals surface area contributed by atoms with Gasteiger partial charge < -0.3 is 10.0 Å². The number of hydrogen-bond donors (Lipinski definition) is 1. The van der Waals surface area contributed by atoms with Gasteiger partial charge in [-0.1, -0.05) is 28.8 Å². The van der Waals surface area contributed by atoms with Crippen LogP contribution in [0.3, 0.4) is 0 Å². The van der Waals surface area contributed by atoms with Crippen molar-refractivity contribution < 1.29 is 9.90 Å². The summed E-state index contributed by atoms with van der Waals surface area (Å²) in [6.45, 7) is 3.67. The van der Waals surface area contributed by atoms with Crippen molar-refractivity contribution in [2.75, 3.05) is 7.05 Å². The summed E-state index contributed by atoms with van der Waals surface area (Å²) in [5.41, 5.74) is 0. The summed E-state index contributed by atoms with van der Waals surface area (Å²) in [6, 6.07) is -0.0110. The summed E-state index contributed by atoms with van der Waals surface area (Å²) in [5.74, 6) is 0.0356. The predicted molar refractivity (Wildman–Crippen MR) is 64.0 cm³/mol. The Morgan fingerprint density at radius 3 is 2.40 bits per heavy atom. The number of carbonyl (C=O) groups is 1. The molecule has 1 amide bonds. The Labute approximate surface area is 100.0 Å². The maximum atomic E-state index is 12.0. The fourth-order valence-electron chi connectivity index (χ4n) is 2.11. The number of aliphatic hydroxyl groups excluding tert-OH is 1. The van der Waals surface area contributed by atoms with E-state index < -0.39 is 4.32 Å². The first-order valence-corrected chi connectivity index (χ1v) is 6.27. The summed E-state index contributed by atoms with van der Waals surface area (Å²) < 4.78 is -0.543. The van der Waals surface area contributed by atoms with Crippen molar-refractivity contribution in [3.05, 3.63) is 0 Å². The molecule has 0 aromatic rings. The quantitative estimate of drug-likeness (QED) is 0.784. The van der Waals surface area contributed by atoms with Crippen LogP contribution < -0.4 is 0 Å². The molecule has 0 saturated heterocycles. The number of halogens is 1. The summed E-state index contributed by atoms with van der Waals surface area (Å²) in [7, 11) is 1.78. The number of rotatable bonds is 2. The van der Waals surface area contributed by atoms with E-state index >= 15 is 0 Å². The lowest BCUT2D eigenvalue weighted by molar-refractivity contribution is -0.136. The average Bonchev–Trinajstić information content (AvgIpc) is 2.15. The molecule has 0 bridgehead atoms. The van der Waals surface area contributed by atoms with Crippen LogP contribution in [0.2, 0.25) is 0 Å². The molecule has 2 atom stereocenters. The second-order valence-corrected chi connectivity index (χ2v) is 6.79. The van der Waals surface area contributed by atoms with E-state index in [4.69, 9.17) is 0 Å². The molecular weight excluding hydrogens is 258 g/mol. The smallest absolute Gasteiger partial charge is 0.238 e. The van der Waals surface area contributed by atoms with Crippen molar-refractivity contribution >= 4 is 21.8 Å². The van der Waals surface area contributed by atoms with Crippen LogP contribution in [-0.2, 0) is 4.79 Å². The molecule has 15 heavy (non-hydrogen) atoms. The lowest BCUT2D eigenvalue weighted by Gasteiger charge is -2.37. The molecule has 1 N–H and O–H groups in total. The third kappa shape index (κ3) is 3.18. The van der Waals surface area contributed by atoms with Gasteiger partial charge in [-0.2, -0.15) is 0 Å². The standard InChI is InChI=1S/C11H20BrNO2/c1-11(2,12)10(15)13(3)8-6-4-5-7-9(8)14/h8-9,14H,4-7H2,1-3H3. The highest BCUT2D eigenvalue weighted by atomic mass is 79.9. The van der Waals surface area contributed by atoms with Gasteiger partial charge >= 0.3 is 0 Å². The van der Waals surface area contributed by atoms with E-state index in [1.807, 2.05) is 13.8 Å². The molecule has 1 rings (SSSR count). The van der Waals surface area contributed by atoms with Crippen LogP contribution in [0.1, 0.15) is 39.5 Å². The van der Waals surface area contributed by atoms with Crippen molar-refractivity contribution in [3.63, 3.8) is 0 Å². The van der Waals surface area contributed by atoms with Crippen molar-refractivity contribution in [3.8, 4) is 0 Å². The highest BCUT2D eigenvalue weighted by Gasteiger charge is 2.35. The zero-order valence-electron chi connectivity index (χ0n) is 9.66. The van der Waals surface area contributed by atoms with E-state index in [2.05, 4.69) is 15.9 Å². The topological polar surface area (TPSA) is 40.5 Å². The Kier molecular flexibility index (Phi) is 4.18. The lowest BCUT2D eigenvalue weighted by atomic mass is 9.91. The minimum absolute atomic E-state index is 0.0110. The summed E-state index contributed by atoms with van der Waals surface area (Å²) in [5, 5.41) is 9.84. The Bertz CT molecular complexity index is 237. The van der Waals surface area contributed by atoms with E-state index in [1.54, 1.807) is 11.9 Å². The van der Waals surface area contributed by atoms with Gasteiger partial charge in [-0.05, 0) is 26.7 Å². The Morgan fingerprint density at radius 2 is 1.93 bits per heavy atom. The number of nitrogens with zero attached hydrogens (tertiary/aromatic N) is 1. The highest BCUT2D eigenvalue weighted by Crippen LogP contribution is 2.26. The largest absolute Gasteiger partial charge is 0.391 e. The molecule has 1 aliphatic carbocycles. The molecule has 4 heteroatoms. The highest BCUT2D eigenvalue weighted by molar-refractivity contribution is 9.10. The van der Waals surface area contributed by atoms with Gasteiger partial charge in [0, 0.05) is 7.05 Å². The van der Waals surface area contributed by atoms with E-state index in [1.165, 1.54) is 0 Å². The number of aliphatic hydroxyl groups is 1. The molecule has 0 aliphatic heterocycles. The maximum absolute atomic E-state index is 12.0. The summed E-state index contributed by atoms with van der Waals surface area (Å²) in [4.78, 5) is 13.7. The molecule has 0 heterocycles. The molecule has 0 aromatic heterocycles. The van der Waals surface area contributed by atoms with Crippen LogP contribution in [0.25, 0.3) is 0 Å². The molecule has 0 aromatic carbocycles. The van der Waals surface area contributed by atoms with Crippen LogP contribution in [-0.4, -0.2) is 39.4 Å². The molecular formula is C11H20BrNO2. The van der Waals surface area contributed by atoms with Gasteiger partial charge in [0.05, 0.1) is 16.5 Å². The summed E-state index contributed by atoms with van der Waals surface area (Å²) in [6.07, 6.45) is 3.53. The fourth-order valence-corrected chi connectivity index (χ4v) is 2.39. The molecule has 0 radical (unpaired) electrons. The van der Waals surface area contributed by atoms with Crippen LogP contribution in [0.5, 0.6) is 0 Å². The zero-order chi connectivity index (χ0) is 11.6. The SMILES string of the molecule is CN(C(=O)C(C)(C)Br)C1CCCCC1O. The van der Waals surface area contributed by atoms with Gasteiger partial charge in [-0.3, -0.25) is 4.79 Å². The van der Waals surface area contributed by atoms with Crippen LogP contribution in [0.15, 0.2) is 0 Å². The van der Waals surface area contributed by atoms with Gasteiger partial charge in [-0.25, -0.2) is 0 Å². The molecule has 1 saturated carbocycles. The minimum Gasteiger partial charge on any atom is -0.391 e. The van der Waals surface area contributed by atoms with Crippen LogP contribution >= 0.6 is 15.9 Å². The van der Waals surface area contributed by atoms with Crippen LogP contribution in [0.4, 0.5) is 0 Å². The molecule has 88 valence electrons. The first-order chi connectivity index (χ1) is 6.84. The molecule has 3 nitrogen and oxygen atoms in total. The average molecular weight is 278 g/mol. The van der Waals surface area contributed by atoms with Crippen molar-refractivity contribution in [1.82, 2.24) is 4.90 Å². The van der Waals surface area contributed by atoms with Gasteiger partial charge in [0.25, 0.3) is 0 Å². The van der Waals surface area contributed by atoms with E-state index in [-0.39, 0.29) is 18.1 Å². The molecule has 1 aliphatic rings. The number of carbonyl (C=O) groups excluding carboxylic acids is 1. The lowest BCUT2D eigenvalue weighted by Crippen LogP contribution is -2.50. The maximum Gasteiger partial charge on any atom is 0.238 e. The molecule has 1 fully saturated rings. The van der Waals surface area contributed by atoms with E-state index in [0.717, 1.165) is 25.7 Å². The van der Waals surface area contributed by atoms with Gasteiger partial charge in [-0.15, -0.1) is 0 Å². The van der Waals surface area contributed by atoms with Crippen molar-refractivity contribution in [2.45, 2.75) is 56.0 Å². The normalized spacial score (nSPS) is 27.5. The summed E-state index contributed by atoms with van der Waals surface area (Å²) >= 11 is 3.36. The first-order valence-electron chi connectivity index (χ1n) is 5.48. The van der Waals surface area contributed by atoms with Crippen molar-refractivity contribution in [2.24, 2.45) is 0 Å². The fraction of sp³-hybridized carbons (Fsp3) is 0.909. The van der Waals surface area contributed by atoms with Gasteiger partial charge in [0.15, 0.2) is 0 Å². The second kappa shape index (κ2) is 4.83. The third-order valence-electron chi connectivity index (χ3n) is 3.02. The number of alkyl halides is 1. The molecule has 0 spiro atoms. The Hall–Kier alpha value is -0.0900. The minimum atomic E-state index is -0.543. The Morgan fingerprint density at radius 1 is 1.40 bits per heavy atom. The number of likely N-dealkylation sites (N-methyl/N-ethyl adjacent to an activating group) is 1. The van der Waals surface area contributed by atoms with E-state index in [9.17, 15) is 9.90 Å². The third-order valence-corrected chi connectivity index (χ3v) is 3.36. The number of hydrogen-bond acceptors (Lipinski definition) is 2. The second-order valence-electron chi connectivity index (χ2n) is 4.81. The van der Waals surface area contributed by atoms with Gasteiger partial charge in [0.1, 0.15) is 0 Å². The number of amides is 1. The monoisotopic (exact) mass is 277 g/mol. The predicted octanol–water partition coefficient (Wildman–Crippen LogP) is 1.92. The molecule has 2 unspecified atom stereocenters.